The van der Waals surface area contributed by atoms with E-state index in [0.717, 1.165) is 12.0 Å². The minimum absolute atomic E-state index is 0.0167. The molecule has 256 valence electrons. The maximum Gasteiger partial charge on any atom is 0.422 e. The van der Waals surface area contributed by atoms with Gasteiger partial charge in [-0.3, -0.25) is 0 Å². The number of rotatable bonds is 17. The van der Waals surface area contributed by atoms with Gasteiger partial charge in [-0.25, -0.2) is 9.59 Å². The highest BCUT2D eigenvalue weighted by Crippen LogP contribution is 2.21. The van der Waals surface area contributed by atoms with Crippen molar-refractivity contribution in [3.05, 3.63) is 59.7 Å². The monoisotopic (exact) mass is 663 g/mol. The van der Waals surface area contributed by atoms with Crippen molar-refractivity contribution in [1.82, 2.24) is 25.6 Å². The fraction of sp³-hybridized carbons (Fsp3) is 0.452. The van der Waals surface area contributed by atoms with E-state index in [1.165, 1.54) is 12.1 Å². The van der Waals surface area contributed by atoms with E-state index in [0.29, 0.717) is 43.2 Å². The van der Waals surface area contributed by atoms with Crippen LogP contribution in [0.1, 0.15) is 50.0 Å². The molecule has 4 N–H and O–H groups in total. The minimum Gasteiger partial charge on any atom is -0.494 e. The Morgan fingerprint density at radius 2 is 1.55 bits per heavy atom. The number of aromatic nitrogens is 3. The van der Waals surface area contributed by atoms with E-state index >= 15 is 0 Å². The highest BCUT2D eigenvalue weighted by molar-refractivity contribution is 5.89. The van der Waals surface area contributed by atoms with Gasteiger partial charge in [-0.1, -0.05) is 12.1 Å². The van der Waals surface area contributed by atoms with Gasteiger partial charge in [0.05, 0.1) is 18.8 Å². The fourth-order valence-electron chi connectivity index (χ4n) is 3.70. The number of ether oxygens (including phenoxy) is 4. The third kappa shape index (κ3) is 14.9. The van der Waals surface area contributed by atoms with Crippen molar-refractivity contribution in [2.45, 2.75) is 52.4 Å². The summed E-state index contributed by atoms with van der Waals surface area (Å²) in [6.45, 7) is 8.25. The Kier molecular flexibility index (Phi) is 13.8. The van der Waals surface area contributed by atoms with Crippen molar-refractivity contribution in [3.63, 3.8) is 0 Å². The average molecular weight is 664 g/mol. The number of hydrogen-bond donors (Lipinski definition) is 4. The molecular formula is C31H40F3N7O6. The molecule has 13 nitrogen and oxygen atoms in total. The molecule has 0 spiro atoms. The molecule has 1 aromatic heterocycles. The first-order chi connectivity index (χ1) is 22.3. The molecule has 16 heteroatoms. The van der Waals surface area contributed by atoms with Crippen LogP contribution < -0.4 is 30.7 Å². The molecule has 0 bridgehead atoms. The predicted octanol–water partition coefficient (Wildman–Crippen LogP) is 5.23. The lowest BCUT2D eigenvalue weighted by molar-refractivity contribution is -0.154. The topological polar surface area (TPSA) is 158 Å². The molecule has 0 aliphatic rings. The molecule has 0 saturated carbocycles. The molecule has 2 aromatic carbocycles. The third-order valence-corrected chi connectivity index (χ3v) is 5.74. The Morgan fingerprint density at radius 3 is 2.21 bits per heavy atom. The molecule has 0 aliphatic heterocycles. The highest BCUT2D eigenvalue weighted by atomic mass is 19.4. The highest BCUT2D eigenvalue weighted by Gasteiger charge is 2.29. The molecule has 0 radical (unpaired) electrons. The molecule has 3 aromatic rings. The second kappa shape index (κ2) is 17.7. The third-order valence-electron chi connectivity index (χ3n) is 5.74. The Hall–Kier alpha value is -4.86. The molecule has 0 aliphatic carbocycles. The number of amides is 1. The van der Waals surface area contributed by atoms with E-state index < -0.39 is 36.5 Å². The number of alkyl carbamates (subject to hydrolysis) is 1. The number of benzene rings is 2. The first-order valence-corrected chi connectivity index (χ1v) is 14.9. The molecular weight excluding hydrogens is 623 g/mol. The van der Waals surface area contributed by atoms with Crippen LogP contribution in [0.2, 0.25) is 0 Å². The maximum absolute atomic E-state index is 12.8. The van der Waals surface area contributed by atoms with Crippen LogP contribution in [0.5, 0.6) is 11.8 Å². The lowest BCUT2D eigenvalue weighted by Gasteiger charge is -2.19. The first kappa shape index (κ1) is 36.6. The smallest absolute Gasteiger partial charge is 0.422 e. The van der Waals surface area contributed by atoms with Crippen LogP contribution in [0.4, 0.5) is 35.5 Å². The average Bonchev–Trinajstić information content (AvgIpc) is 3.00. The lowest BCUT2D eigenvalue weighted by atomic mass is 10.2. The quantitative estimate of drug-likeness (QED) is 0.110. The van der Waals surface area contributed by atoms with Gasteiger partial charge in [-0.05, 0) is 82.6 Å². The van der Waals surface area contributed by atoms with Gasteiger partial charge in [-0.15, -0.1) is 0 Å². The van der Waals surface area contributed by atoms with Crippen molar-refractivity contribution in [3.8, 4) is 11.8 Å². The number of esters is 1. The van der Waals surface area contributed by atoms with E-state index in [-0.39, 0.29) is 25.0 Å². The number of carbonyl (C=O) groups excluding carboxylic acids is 2. The Bertz CT molecular complexity index is 1420. The molecule has 1 amide bonds. The minimum atomic E-state index is -4.59. The van der Waals surface area contributed by atoms with Crippen molar-refractivity contribution >= 4 is 29.6 Å². The van der Waals surface area contributed by atoms with Crippen LogP contribution in [0.25, 0.3) is 0 Å². The zero-order valence-corrected chi connectivity index (χ0v) is 26.7. The van der Waals surface area contributed by atoms with Gasteiger partial charge in [0.15, 0.2) is 6.61 Å². The molecule has 47 heavy (non-hydrogen) atoms. The van der Waals surface area contributed by atoms with Gasteiger partial charge in [0.1, 0.15) is 11.4 Å². The van der Waals surface area contributed by atoms with Crippen LogP contribution in [0.3, 0.4) is 0 Å². The summed E-state index contributed by atoms with van der Waals surface area (Å²) in [6.07, 6.45) is -4.29. The molecule has 0 atom stereocenters. The van der Waals surface area contributed by atoms with Crippen molar-refractivity contribution < 1.29 is 41.7 Å². The molecule has 1 heterocycles. The maximum atomic E-state index is 12.8. The number of anilines is 3. The van der Waals surface area contributed by atoms with E-state index in [1.54, 1.807) is 52.0 Å². The summed E-state index contributed by atoms with van der Waals surface area (Å²) >= 11 is 0. The van der Waals surface area contributed by atoms with Crippen LogP contribution in [-0.2, 0) is 16.0 Å². The second-order valence-corrected chi connectivity index (χ2v) is 11.0. The zero-order chi connectivity index (χ0) is 34.3. The van der Waals surface area contributed by atoms with Crippen LogP contribution in [0.15, 0.2) is 48.5 Å². The molecule has 0 unspecified atom stereocenters. The van der Waals surface area contributed by atoms with Gasteiger partial charge in [0.25, 0.3) is 0 Å². The van der Waals surface area contributed by atoms with Crippen LogP contribution >= 0.6 is 0 Å². The SMILES string of the molecule is CCOC(=O)c1ccc(Nc2nc(NCc3ccc(OCCCNCCNC(=O)OC(C)(C)C)cc3)nc(OCC(F)(F)F)n2)cc1. The Balaban J connectivity index is 1.48. The van der Waals surface area contributed by atoms with Gasteiger partial charge >= 0.3 is 24.2 Å². The Labute approximate surface area is 271 Å². The molecule has 3 rings (SSSR count). The van der Waals surface area contributed by atoms with E-state index in [2.05, 4.69) is 36.2 Å². The standard InChI is InChI=1S/C31H40F3N7O6/c1-5-44-25(42)22-9-11-23(12-10-22)38-27-39-26(40-28(41-27)46-20-31(32,33)34)37-19-21-7-13-24(14-8-21)45-18-6-15-35-16-17-36-29(43)47-30(2,3)4/h7-14,35H,5-6,15-20H2,1-4H3,(H,36,43)(H2,37,38,39,40,41). The summed E-state index contributed by atoms with van der Waals surface area (Å²) in [5, 5.41) is 11.7. The van der Waals surface area contributed by atoms with Gasteiger partial charge in [0.2, 0.25) is 11.9 Å². The Morgan fingerprint density at radius 1 is 0.851 bits per heavy atom. The summed E-state index contributed by atoms with van der Waals surface area (Å²) in [6, 6.07) is 12.9. The first-order valence-electron chi connectivity index (χ1n) is 14.9. The van der Waals surface area contributed by atoms with Crippen molar-refractivity contribution in [1.29, 1.82) is 0 Å². The molecule has 0 fully saturated rings. The summed E-state index contributed by atoms with van der Waals surface area (Å²) in [4.78, 5) is 35.6. The number of hydrogen-bond acceptors (Lipinski definition) is 12. The number of nitrogens with one attached hydrogen (secondary N) is 4. The van der Waals surface area contributed by atoms with Crippen LogP contribution in [0, 0.1) is 0 Å². The number of alkyl halides is 3. The van der Waals surface area contributed by atoms with Crippen LogP contribution in [-0.4, -0.2) is 78.2 Å². The van der Waals surface area contributed by atoms with E-state index in [4.69, 9.17) is 18.9 Å². The predicted molar refractivity (Wildman–Crippen MR) is 168 cm³/mol. The normalized spacial score (nSPS) is 11.4. The van der Waals surface area contributed by atoms with Crippen molar-refractivity contribution in [2.24, 2.45) is 0 Å². The number of carbonyl (C=O) groups is 2. The molecule has 0 saturated heterocycles. The zero-order valence-electron chi connectivity index (χ0n) is 26.7. The summed E-state index contributed by atoms with van der Waals surface area (Å²) in [5.74, 6) is 0.102. The largest absolute Gasteiger partial charge is 0.494 e. The summed E-state index contributed by atoms with van der Waals surface area (Å²) < 4.78 is 59.0. The van der Waals surface area contributed by atoms with E-state index in [1.807, 2.05) is 12.1 Å². The second-order valence-electron chi connectivity index (χ2n) is 11.0. The summed E-state index contributed by atoms with van der Waals surface area (Å²) in [7, 11) is 0. The number of halogens is 3. The van der Waals surface area contributed by atoms with Crippen molar-refractivity contribution in [2.75, 3.05) is 50.1 Å². The summed E-state index contributed by atoms with van der Waals surface area (Å²) in [5.41, 5.74) is 1.10. The van der Waals surface area contributed by atoms with Gasteiger partial charge in [0, 0.05) is 25.3 Å². The lowest BCUT2D eigenvalue weighted by Crippen LogP contribution is -2.36. The van der Waals surface area contributed by atoms with E-state index in [9.17, 15) is 22.8 Å². The van der Waals surface area contributed by atoms with Gasteiger partial charge in [-0.2, -0.15) is 28.1 Å². The fourth-order valence-corrected chi connectivity index (χ4v) is 3.70. The number of nitrogens with zero attached hydrogens (tertiary/aromatic N) is 3. The van der Waals surface area contributed by atoms with Gasteiger partial charge < -0.3 is 40.2 Å².